The fourth-order valence-corrected chi connectivity index (χ4v) is 4.06. The van der Waals surface area contributed by atoms with Gasteiger partial charge >= 0.3 is 5.97 Å². The Balaban J connectivity index is 1.86. The van der Waals surface area contributed by atoms with Crippen molar-refractivity contribution in [2.24, 2.45) is 0 Å². The summed E-state index contributed by atoms with van der Waals surface area (Å²) in [6.07, 6.45) is 5.93. The van der Waals surface area contributed by atoms with Crippen LogP contribution in [0.15, 0.2) is 78.9 Å². The van der Waals surface area contributed by atoms with Crippen molar-refractivity contribution in [2.75, 3.05) is 7.11 Å². The summed E-state index contributed by atoms with van der Waals surface area (Å²) in [6, 6.07) is 25.0. The van der Waals surface area contributed by atoms with Gasteiger partial charge in [-0.05, 0) is 76.4 Å². The van der Waals surface area contributed by atoms with E-state index in [-0.39, 0.29) is 0 Å². The number of methoxy groups -OCH3 is 1. The van der Waals surface area contributed by atoms with Crippen LogP contribution in [0.3, 0.4) is 0 Å². The summed E-state index contributed by atoms with van der Waals surface area (Å²) < 4.78 is 5.34. The van der Waals surface area contributed by atoms with E-state index in [0.717, 1.165) is 42.2 Å². The number of hydrogen-bond donors (Lipinski definition) is 1. The number of aryl methyl sites for hydroxylation is 1. The Morgan fingerprint density at radius 1 is 0.900 bits per heavy atom. The molecule has 0 amide bonds. The topological polar surface area (TPSA) is 46.5 Å². The highest BCUT2D eigenvalue weighted by molar-refractivity contribution is 6.00. The van der Waals surface area contributed by atoms with Gasteiger partial charge in [0.25, 0.3) is 0 Å². The molecule has 0 unspecified atom stereocenters. The van der Waals surface area contributed by atoms with Crippen LogP contribution in [0.4, 0.5) is 0 Å². The number of fused-ring (bicyclic) bond motifs is 1. The number of aliphatic carboxylic acids is 1. The van der Waals surface area contributed by atoms with E-state index >= 15 is 0 Å². The van der Waals surface area contributed by atoms with Crippen molar-refractivity contribution in [1.82, 2.24) is 0 Å². The van der Waals surface area contributed by atoms with Crippen molar-refractivity contribution in [3.05, 3.63) is 107 Å². The molecule has 4 rings (SSSR count). The van der Waals surface area contributed by atoms with Crippen LogP contribution in [0.2, 0.25) is 0 Å². The Morgan fingerprint density at radius 3 is 2.30 bits per heavy atom. The molecule has 1 aliphatic rings. The molecule has 3 aromatic rings. The van der Waals surface area contributed by atoms with Crippen LogP contribution < -0.4 is 4.74 Å². The maximum atomic E-state index is 10.8. The first kappa shape index (κ1) is 19.7. The SMILES string of the molecule is COc1ccc(C2=C(c3ccc(C=CC(=O)O)cc3)c3ccccc3CCC2)cc1. The number of carboxylic acids is 1. The lowest BCUT2D eigenvalue weighted by atomic mass is 9.87. The second kappa shape index (κ2) is 8.83. The highest BCUT2D eigenvalue weighted by atomic mass is 16.5. The van der Waals surface area contributed by atoms with Crippen molar-refractivity contribution in [1.29, 1.82) is 0 Å². The van der Waals surface area contributed by atoms with Gasteiger partial charge in [-0.1, -0.05) is 60.7 Å². The molecule has 150 valence electrons. The fourth-order valence-electron chi connectivity index (χ4n) is 4.06. The highest BCUT2D eigenvalue weighted by Gasteiger charge is 2.19. The van der Waals surface area contributed by atoms with E-state index in [1.807, 2.05) is 24.3 Å². The van der Waals surface area contributed by atoms with Gasteiger partial charge in [0.2, 0.25) is 0 Å². The minimum absolute atomic E-state index is 0.851. The zero-order valence-electron chi connectivity index (χ0n) is 17.0. The van der Waals surface area contributed by atoms with Gasteiger partial charge in [0.15, 0.2) is 0 Å². The van der Waals surface area contributed by atoms with Gasteiger partial charge in [0.1, 0.15) is 5.75 Å². The lowest BCUT2D eigenvalue weighted by Crippen LogP contribution is -1.96. The van der Waals surface area contributed by atoms with Gasteiger partial charge in [-0.3, -0.25) is 0 Å². The van der Waals surface area contributed by atoms with Crippen LogP contribution >= 0.6 is 0 Å². The summed E-state index contributed by atoms with van der Waals surface area (Å²) in [5.74, 6) is -0.0919. The summed E-state index contributed by atoms with van der Waals surface area (Å²) in [5.41, 5.74) is 8.44. The molecule has 0 saturated carbocycles. The molecule has 3 nitrogen and oxygen atoms in total. The molecule has 1 aliphatic carbocycles. The number of allylic oxidation sites excluding steroid dienone is 1. The average molecular weight is 396 g/mol. The van der Waals surface area contributed by atoms with Crippen LogP contribution in [0.1, 0.15) is 40.7 Å². The third-order valence-electron chi connectivity index (χ3n) is 5.52. The largest absolute Gasteiger partial charge is 0.497 e. The van der Waals surface area contributed by atoms with Crippen LogP contribution in [-0.2, 0) is 11.2 Å². The second-order valence-electron chi connectivity index (χ2n) is 7.39. The molecule has 1 N–H and O–H groups in total. The zero-order chi connectivity index (χ0) is 20.9. The Bertz CT molecular complexity index is 1100. The first-order valence-electron chi connectivity index (χ1n) is 10.1. The van der Waals surface area contributed by atoms with E-state index in [2.05, 4.69) is 48.5 Å². The second-order valence-corrected chi connectivity index (χ2v) is 7.39. The third kappa shape index (κ3) is 4.20. The summed E-state index contributed by atoms with van der Waals surface area (Å²) in [4.78, 5) is 10.8. The molecular weight excluding hydrogens is 372 g/mol. The summed E-state index contributed by atoms with van der Waals surface area (Å²) in [6.45, 7) is 0. The van der Waals surface area contributed by atoms with E-state index in [4.69, 9.17) is 9.84 Å². The number of benzene rings is 3. The van der Waals surface area contributed by atoms with Crippen molar-refractivity contribution >= 4 is 23.2 Å². The zero-order valence-corrected chi connectivity index (χ0v) is 17.0. The molecule has 3 heteroatoms. The summed E-state index contributed by atoms with van der Waals surface area (Å²) in [7, 11) is 1.68. The molecule has 0 bridgehead atoms. The smallest absolute Gasteiger partial charge is 0.328 e. The predicted molar refractivity (Wildman–Crippen MR) is 121 cm³/mol. The van der Waals surface area contributed by atoms with E-state index in [0.29, 0.717) is 0 Å². The molecule has 3 aromatic carbocycles. The molecule has 0 radical (unpaired) electrons. The van der Waals surface area contributed by atoms with E-state index in [1.54, 1.807) is 13.2 Å². The average Bonchev–Trinajstić information content (AvgIpc) is 2.98. The standard InChI is InChI=1S/C27H24O3/c1-30-23-16-14-21(15-17-23)25-8-4-6-20-5-2-3-7-24(20)27(25)22-12-9-19(10-13-22)11-18-26(28)29/h2-3,5,7,9-18H,4,6,8H2,1H3,(H,28,29). The minimum atomic E-state index is -0.943. The number of hydrogen-bond acceptors (Lipinski definition) is 2. The Labute approximate surface area is 177 Å². The monoisotopic (exact) mass is 396 g/mol. The molecule has 30 heavy (non-hydrogen) atoms. The normalized spacial score (nSPS) is 13.8. The lowest BCUT2D eigenvalue weighted by molar-refractivity contribution is -0.131. The maximum absolute atomic E-state index is 10.8. The predicted octanol–water partition coefficient (Wildman–Crippen LogP) is 6.09. The van der Waals surface area contributed by atoms with Gasteiger partial charge < -0.3 is 9.84 Å². The molecule has 0 spiro atoms. The van der Waals surface area contributed by atoms with E-state index in [9.17, 15) is 4.79 Å². The molecule has 0 heterocycles. The molecule has 0 atom stereocenters. The number of carbonyl (C=O) groups is 1. The van der Waals surface area contributed by atoms with Crippen molar-refractivity contribution in [3.8, 4) is 5.75 Å². The molecule has 0 fully saturated rings. The minimum Gasteiger partial charge on any atom is -0.497 e. The Hall–Kier alpha value is -3.59. The molecule has 0 aromatic heterocycles. The highest BCUT2D eigenvalue weighted by Crippen LogP contribution is 2.40. The molecule has 0 aliphatic heterocycles. The lowest BCUT2D eigenvalue weighted by Gasteiger charge is -2.17. The number of carboxylic acid groups (broad SMARTS) is 1. The number of rotatable bonds is 5. The van der Waals surface area contributed by atoms with Crippen molar-refractivity contribution in [3.63, 3.8) is 0 Å². The van der Waals surface area contributed by atoms with Crippen LogP contribution in [0.5, 0.6) is 5.75 Å². The van der Waals surface area contributed by atoms with Crippen LogP contribution in [0, 0.1) is 0 Å². The van der Waals surface area contributed by atoms with E-state index < -0.39 is 5.97 Å². The van der Waals surface area contributed by atoms with Gasteiger partial charge in [0, 0.05) is 6.08 Å². The maximum Gasteiger partial charge on any atom is 0.328 e. The van der Waals surface area contributed by atoms with Crippen molar-refractivity contribution in [2.45, 2.75) is 19.3 Å². The van der Waals surface area contributed by atoms with Gasteiger partial charge in [-0.2, -0.15) is 0 Å². The summed E-state index contributed by atoms with van der Waals surface area (Å²) in [5, 5.41) is 8.87. The first-order valence-corrected chi connectivity index (χ1v) is 10.1. The Morgan fingerprint density at radius 2 is 1.60 bits per heavy atom. The van der Waals surface area contributed by atoms with Gasteiger partial charge in [-0.15, -0.1) is 0 Å². The van der Waals surface area contributed by atoms with E-state index in [1.165, 1.54) is 27.8 Å². The Kier molecular flexibility index (Phi) is 5.80. The van der Waals surface area contributed by atoms with Crippen molar-refractivity contribution < 1.29 is 14.6 Å². The van der Waals surface area contributed by atoms with Crippen LogP contribution in [0.25, 0.3) is 17.2 Å². The fraction of sp³-hybridized carbons (Fsp3) is 0.148. The van der Waals surface area contributed by atoms with Gasteiger partial charge in [0.05, 0.1) is 7.11 Å². The van der Waals surface area contributed by atoms with Gasteiger partial charge in [-0.25, -0.2) is 4.79 Å². The van der Waals surface area contributed by atoms with Crippen LogP contribution in [-0.4, -0.2) is 18.2 Å². The quantitative estimate of drug-likeness (QED) is 0.531. The molecular formula is C27H24O3. The first-order chi connectivity index (χ1) is 14.7. The third-order valence-corrected chi connectivity index (χ3v) is 5.52. The summed E-state index contributed by atoms with van der Waals surface area (Å²) >= 11 is 0. The molecule has 0 saturated heterocycles. The number of ether oxygens (including phenoxy) is 1.